The summed E-state index contributed by atoms with van der Waals surface area (Å²) in [5.41, 5.74) is 5.30. The molecule has 166 valence electrons. The summed E-state index contributed by atoms with van der Waals surface area (Å²) in [6.07, 6.45) is 3.80. The number of hydrogen-bond acceptors (Lipinski definition) is 4. The molecule has 33 heavy (non-hydrogen) atoms. The molecule has 1 atom stereocenters. The Labute approximate surface area is 195 Å². The van der Waals surface area contributed by atoms with Gasteiger partial charge in [-0.15, -0.1) is 0 Å². The molecule has 0 saturated heterocycles. The second-order valence-corrected chi connectivity index (χ2v) is 7.95. The van der Waals surface area contributed by atoms with E-state index in [1.807, 2.05) is 93.6 Å². The molecule has 4 heteroatoms. The standard InChI is InChI=1S/C15H15NO.C14H13NO/c1-11-10-14(8-9-16-11)15(17)12(2)13-6-4-3-5-7-13;1-11-9-13(7-8-15-11)14(16)10-12-5-3-2-4-6-12/h3-10,12H,1-2H3;2-9H,10H2,1H3. The first kappa shape index (κ1) is 23.7. The largest absolute Gasteiger partial charge is 0.294 e. The second kappa shape index (κ2) is 11.6. The number of pyridine rings is 2. The Morgan fingerprint density at radius 3 is 1.82 bits per heavy atom. The average molecular weight is 437 g/mol. The fourth-order valence-corrected chi connectivity index (χ4v) is 3.44. The number of hydrogen-bond donors (Lipinski definition) is 0. The summed E-state index contributed by atoms with van der Waals surface area (Å²) >= 11 is 0. The van der Waals surface area contributed by atoms with Crippen LogP contribution in [0.15, 0.2) is 97.3 Å². The highest BCUT2D eigenvalue weighted by atomic mass is 16.1. The molecule has 0 bridgehead atoms. The number of carbonyl (C=O) groups is 2. The highest BCUT2D eigenvalue weighted by Crippen LogP contribution is 2.20. The number of rotatable bonds is 6. The summed E-state index contributed by atoms with van der Waals surface area (Å²) in [5, 5.41) is 0. The number of carbonyl (C=O) groups excluding carboxylic acids is 2. The number of aryl methyl sites for hydroxylation is 2. The van der Waals surface area contributed by atoms with Crippen LogP contribution in [0.5, 0.6) is 0 Å². The highest BCUT2D eigenvalue weighted by molar-refractivity contribution is 6.00. The summed E-state index contributed by atoms with van der Waals surface area (Å²) in [6, 6.07) is 26.8. The van der Waals surface area contributed by atoms with Crippen molar-refractivity contribution < 1.29 is 9.59 Å². The molecule has 0 amide bonds. The van der Waals surface area contributed by atoms with Crippen LogP contribution in [0.25, 0.3) is 0 Å². The van der Waals surface area contributed by atoms with Crippen molar-refractivity contribution in [2.45, 2.75) is 33.1 Å². The Morgan fingerprint density at radius 1 is 0.727 bits per heavy atom. The van der Waals surface area contributed by atoms with Crippen LogP contribution in [-0.2, 0) is 6.42 Å². The Balaban J connectivity index is 0.000000186. The fraction of sp³-hybridized carbons (Fsp3) is 0.172. The van der Waals surface area contributed by atoms with Gasteiger partial charge in [0, 0.05) is 47.2 Å². The normalized spacial score (nSPS) is 11.1. The van der Waals surface area contributed by atoms with Crippen molar-refractivity contribution in [1.82, 2.24) is 9.97 Å². The first-order chi connectivity index (χ1) is 15.9. The zero-order valence-corrected chi connectivity index (χ0v) is 19.2. The molecule has 1 unspecified atom stereocenters. The molecule has 2 aromatic heterocycles. The molecule has 0 radical (unpaired) electrons. The van der Waals surface area contributed by atoms with Crippen LogP contribution in [0.1, 0.15) is 56.1 Å². The number of benzene rings is 2. The van der Waals surface area contributed by atoms with Crippen molar-refractivity contribution in [3.8, 4) is 0 Å². The van der Waals surface area contributed by atoms with E-state index in [-0.39, 0.29) is 17.5 Å². The van der Waals surface area contributed by atoms with Crippen LogP contribution in [0.3, 0.4) is 0 Å². The minimum atomic E-state index is -0.113. The predicted molar refractivity (Wildman–Crippen MR) is 132 cm³/mol. The Bertz CT molecular complexity index is 1200. The van der Waals surface area contributed by atoms with E-state index >= 15 is 0 Å². The lowest BCUT2D eigenvalue weighted by Gasteiger charge is -2.10. The molecular weight excluding hydrogens is 408 g/mol. The van der Waals surface area contributed by atoms with Crippen molar-refractivity contribution in [2.24, 2.45) is 0 Å². The third-order valence-electron chi connectivity index (χ3n) is 5.30. The van der Waals surface area contributed by atoms with Crippen LogP contribution in [0, 0.1) is 13.8 Å². The molecule has 4 nitrogen and oxygen atoms in total. The first-order valence-corrected chi connectivity index (χ1v) is 11.0. The molecule has 2 aromatic carbocycles. The Morgan fingerprint density at radius 2 is 1.24 bits per heavy atom. The van der Waals surface area contributed by atoms with Crippen LogP contribution < -0.4 is 0 Å². The zero-order valence-electron chi connectivity index (χ0n) is 19.2. The lowest BCUT2D eigenvalue weighted by Crippen LogP contribution is -2.09. The summed E-state index contributed by atoms with van der Waals surface area (Å²) in [6.45, 7) is 5.72. The molecule has 0 fully saturated rings. The molecule has 0 N–H and O–H groups in total. The predicted octanol–water partition coefficient (Wildman–Crippen LogP) is 6.19. The van der Waals surface area contributed by atoms with Crippen molar-refractivity contribution in [3.05, 3.63) is 131 Å². The summed E-state index contributed by atoms with van der Waals surface area (Å²) < 4.78 is 0. The third kappa shape index (κ3) is 7.04. The van der Waals surface area contributed by atoms with E-state index in [2.05, 4.69) is 9.97 Å². The van der Waals surface area contributed by atoms with Gasteiger partial charge in [0.05, 0.1) is 0 Å². The number of Topliss-reactive ketones (excluding diaryl/α,β-unsaturated/α-hetero) is 2. The molecule has 0 aliphatic rings. The minimum absolute atomic E-state index is 0.113. The summed E-state index contributed by atoms with van der Waals surface area (Å²) in [4.78, 5) is 32.4. The molecule has 0 aliphatic heterocycles. The van der Waals surface area contributed by atoms with Crippen LogP contribution in [0.4, 0.5) is 0 Å². The van der Waals surface area contributed by atoms with Gasteiger partial charge >= 0.3 is 0 Å². The van der Waals surface area contributed by atoms with E-state index in [4.69, 9.17) is 0 Å². The summed E-state index contributed by atoms with van der Waals surface area (Å²) in [7, 11) is 0. The van der Waals surface area contributed by atoms with Gasteiger partial charge in [0.1, 0.15) is 0 Å². The van der Waals surface area contributed by atoms with Gasteiger partial charge in [-0.3, -0.25) is 19.6 Å². The number of aromatic nitrogens is 2. The van der Waals surface area contributed by atoms with E-state index in [1.165, 1.54) is 0 Å². The van der Waals surface area contributed by atoms with Gasteiger partial charge in [-0.1, -0.05) is 67.6 Å². The van der Waals surface area contributed by atoms with Gasteiger partial charge in [0.2, 0.25) is 0 Å². The molecule has 4 rings (SSSR count). The SMILES string of the molecule is Cc1cc(C(=O)C(C)c2ccccc2)ccn1.Cc1cc(C(=O)Cc2ccccc2)ccn1. The van der Waals surface area contributed by atoms with Gasteiger partial charge in [-0.25, -0.2) is 0 Å². The van der Waals surface area contributed by atoms with Crippen molar-refractivity contribution in [2.75, 3.05) is 0 Å². The fourth-order valence-electron chi connectivity index (χ4n) is 3.44. The molecular formula is C29H28N2O2. The molecule has 4 aromatic rings. The van der Waals surface area contributed by atoms with E-state index in [0.717, 1.165) is 33.6 Å². The quantitative estimate of drug-likeness (QED) is 0.338. The van der Waals surface area contributed by atoms with Crippen molar-refractivity contribution in [1.29, 1.82) is 0 Å². The number of nitrogens with zero attached hydrogens (tertiary/aromatic N) is 2. The van der Waals surface area contributed by atoms with Crippen LogP contribution in [-0.4, -0.2) is 21.5 Å². The van der Waals surface area contributed by atoms with E-state index < -0.39 is 0 Å². The smallest absolute Gasteiger partial charge is 0.170 e. The monoisotopic (exact) mass is 436 g/mol. The highest BCUT2D eigenvalue weighted by Gasteiger charge is 2.16. The van der Waals surface area contributed by atoms with E-state index in [0.29, 0.717) is 6.42 Å². The molecule has 2 heterocycles. The van der Waals surface area contributed by atoms with Gasteiger partial charge in [-0.2, -0.15) is 0 Å². The van der Waals surface area contributed by atoms with Crippen LogP contribution in [0.2, 0.25) is 0 Å². The Kier molecular flexibility index (Phi) is 8.36. The maximum Gasteiger partial charge on any atom is 0.170 e. The maximum absolute atomic E-state index is 12.3. The van der Waals surface area contributed by atoms with Crippen molar-refractivity contribution in [3.63, 3.8) is 0 Å². The zero-order chi connectivity index (χ0) is 23.6. The van der Waals surface area contributed by atoms with E-state index in [9.17, 15) is 9.59 Å². The lowest BCUT2D eigenvalue weighted by atomic mass is 9.92. The van der Waals surface area contributed by atoms with E-state index in [1.54, 1.807) is 24.5 Å². The van der Waals surface area contributed by atoms with Gasteiger partial charge in [-0.05, 0) is 49.2 Å². The second-order valence-electron chi connectivity index (χ2n) is 7.95. The molecule has 0 saturated carbocycles. The third-order valence-corrected chi connectivity index (χ3v) is 5.30. The first-order valence-electron chi connectivity index (χ1n) is 11.0. The molecule has 0 aliphatic carbocycles. The van der Waals surface area contributed by atoms with Gasteiger partial charge in [0.25, 0.3) is 0 Å². The van der Waals surface area contributed by atoms with Crippen molar-refractivity contribution >= 4 is 11.6 Å². The minimum Gasteiger partial charge on any atom is -0.294 e. The Hall–Kier alpha value is -3.92. The van der Waals surface area contributed by atoms with Gasteiger partial charge < -0.3 is 0 Å². The maximum atomic E-state index is 12.3. The average Bonchev–Trinajstić information content (AvgIpc) is 2.85. The molecule has 0 spiro atoms. The van der Waals surface area contributed by atoms with Gasteiger partial charge in [0.15, 0.2) is 11.6 Å². The lowest BCUT2D eigenvalue weighted by molar-refractivity contribution is 0.0963. The van der Waals surface area contributed by atoms with Crippen LogP contribution >= 0.6 is 0 Å². The summed E-state index contributed by atoms with van der Waals surface area (Å²) in [5.74, 6) is 0.163. The number of ketones is 2. The topological polar surface area (TPSA) is 59.9 Å².